The van der Waals surface area contributed by atoms with Crippen LogP contribution in [0.15, 0.2) is 35.4 Å². The lowest BCUT2D eigenvalue weighted by Gasteiger charge is -2.16. The number of nitrogens with one attached hydrogen (secondary N) is 1. The highest BCUT2D eigenvalue weighted by atomic mass is 16.2. The number of carbonyl (C=O) groups excluding carboxylic acids is 2. The van der Waals surface area contributed by atoms with Crippen molar-refractivity contribution in [2.45, 2.75) is 13.8 Å². The third-order valence-corrected chi connectivity index (χ3v) is 2.42. The second-order valence-corrected chi connectivity index (χ2v) is 3.59. The minimum atomic E-state index is -0.717. The average Bonchev–Trinajstić information content (AvgIpc) is 2.41. The van der Waals surface area contributed by atoms with Crippen LogP contribution in [0.4, 0.5) is 0 Å². The molecule has 0 saturated heterocycles. The van der Waals surface area contributed by atoms with E-state index in [1.165, 1.54) is 11.1 Å². The van der Waals surface area contributed by atoms with Crippen molar-refractivity contribution in [3.05, 3.63) is 35.9 Å². The van der Waals surface area contributed by atoms with Crippen LogP contribution in [0.1, 0.15) is 19.4 Å². The molecule has 1 rings (SSSR count). The van der Waals surface area contributed by atoms with Crippen LogP contribution < -0.4 is 5.43 Å². The Morgan fingerprint density at radius 2 is 1.83 bits per heavy atom. The maximum Gasteiger partial charge on any atom is 0.329 e. The summed E-state index contributed by atoms with van der Waals surface area (Å²) in [5.74, 6) is -1.28. The lowest BCUT2D eigenvalue weighted by Crippen LogP contribution is -2.41. The molecule has 1 aromatic rings. The lowest BCUT2D eigenvalue weighted by molar-refractivity contribution is -0.145. The van der Waals surface area contributed by atoms with Crippen molar-refractivity contribution >= 4 is 18.0 Å². The van der Waals surface area contributed by atoms with Crippen LogP contribution >= 0.6 is 0 Å². The maximum atomic E-state index is 11.6. The summed E-state index contributed by atoms with van der Waals surface area (Å²) < 4.78 is 0. The van der Waals surface area contributed by atoms with Crippen LogP contribution in [0, 0.1) is 0 Å². The van der Waals surface area contributed by atoms with Gasteiger partial charge in [-0.15, -0.1) is 0 Å². The average molecular weight is 247 g/mol. The molecule has 96 valence electrons. The molecule has 0 atom stereocenters. The second-order valence-electron chi connectivity index (χ2n) is 3.59. The van der Waals surface area contributed by atoms with Gasteiger partial charge in [-0.05, 0) is 19.4 Å². The molecule has 5 nitrogen and oxygen atoms in total. The Morgan fingerprint density at radius 3 is 2.39 bits per heavy atom. The van der Waals surface area contributed by atoms with Crippen molar-refractivity contribution in [3.8, 4) is 0 Å². The number of likely N-dealkylation sites (N-methyl/N-ethyl adjacent to an activating group) is 1. The third-order valence-electron chi connectivity index (χ3n) is 2.42. The van der Waals surface area contributed by atoms with E-state index in [0.29, 0.717) is 13.1 Å². The molecule has 0 aliphatic carbocycles. The van der Waals surface area contributed by atoms with Gasteiger partial charge in [-0.2, -0.15) is 5.10 Å². The van der Waals surface area contributed by atoms with E-state index >= 15 is 0 Å². The predicted molar refractivity (Wildman–Crippen MR) is 70.1 cm³/mol. The molecule has 0 aliphatic rings. The minimum absolute atomic E-state index is 0.505. The monoisotopic (exact) mass is 247 g/mol. The Kier molecular flexibility index (Phi) is 5.57. The van der Waals surface area contributed by atoms with Gasteiger partial charge >= 0.3 is 11.8 Å². The quantitative estimate of drug-likeness (QED) is 0.490. The first-order valence-corrected chi connectivity index (χ1v) is 5.86. The number of benzene rings is 1. The summed E-state index contributed by atoms with van der Waals surface area (Å²) in [5, 5.41) is 3.74. The smallest absolute Gasteiger partial charge is 0.329 e. The molecule has 0 heterocycles. The highest BCUT2D eigenvalue weighted by Crippen LogP contribution is 1.93. The summed E-state index contributed by atoms with van der Waals surface area (Å²) >= 11 is 0. The van der Waals surface area contributed by atoms with Crippen molar-refractivity contribution in [2.24, 2.45) is 5.10 Å². The number of nitrogens with zero attached hydrogens (tertiary/aromatic N) is 2. The standard InChI is InChI=1S/C13H17N3O2/c1-3-16(4-2)13(18)12(17)15-14-10-11-8-6-5-7-9-11/h5-10H,3-4H2,1-2H3,(H,15,17)/b14-10-. The molecule has 5 heteroatoms. The normalized spacial score (nSPS) is 10.3. The van der Waals surface area contributed by atoms with E-state index in [-0.39, 0.29) is 0 Å². The summed E-state index contributed by atoms with van der Waals surface area (Å²) in [6.07, 6.45) is 1.49. The molecule has 0 aromatic heterocycles. The molecule has 0 fully saturated rings. The minimum Gasteiger partial charge on any atom is -0.335 e. The fourth-order valence-corrected chi connectivity index (χ4v) is 1.41. The number of hydrazone groups is 1. The fourth-order valence-electron chi connectivity index (χ4n) is 1.41. The number of amides is 2. The Hall–Kier alpha value is -2.17. The summed E-state index contributed by atoms with van der Waals surface area (Å²) in [5.41, 5.74) is 3.07. The van der Waals surface area contributed by atoms with E-state index < -0.39 is 11.8 Å². The van der Waals surface area contributed by atoms with E-state index in [1.807, 2.05) is 44.2 Å². The van der Waals surface area contributed by atoms with Gasteiger partial charge in [0.2, 0.25) is 0 Å². The van der Waals surface area contributed by atoms with Gasteiger partial charge < -0.3 is 4.90 Å². The number of rotatable bonds is 4. The molecule has 0 aliphatic heterocycles. The van der Waals surface area contributed by atoms with Gasteiger partial charge in [-0.3, -0.25) is 9.59 Å². The van der Waals surface area contributed by atoms with Crippen molar-refractivity contribution in [1.82, 2.24) is 10.3 Å². The molecule has 1 aromatic carbocycles. The SMILES string of the molecule is CCN(CC)C(=O)C(=O)N/N=C\c1ccccc1. The van der Waals surface area contributed by atoms with Crippen molar-refractivity contribution < 1.29 is 9.59 Å². The van der Waals surface area contributed by atoms with Crippen LogP contribution in [0.2, 0.25) is 0 Å². The van der Waals surface area contributed by atoms with Gasteiger partial charge in [0.25, 0.3) is 0 Å². The second kappa shape index (κ2) is 7.21. The summed E-state index contributed by atoms with van der Waals surface area (Å²) in [6.45, 7) is 4.65. The predicted octanol–water partition coefficient (Wildman–Crippen LogP) is 1.01. The molecule has 0 saturated carbocycles. The zero-order valence-electron chi connectivity index (χ0n) is 10.6. The van der Waals surface area contributed by atoms with Crippen LogP contribution in [0.25, 0.3) is 0 Å². The Morgan fingerprint density at radius 1 is 1.22 bits per heavy atom. The van der Waals surface area contributed by atoms with E-state index in [9.17, 15) is 9.59 Å². The molecule has 2 amide bonds. The van der Waals surface area contributed by atoms with E-state index in [2.05, 4.69) is 10.5 Å². The van der Waals surface area contributed by atoms with Gasteiger partial charge in [0.05, 0.1) is 6.21 Å². The maximum absolute atomic E-state index is 11.6. The van der Waals surface area contributed by atoms with Crippen LogP contribution in [-0.2, 0) is 9.59 Å². The van der Waals surface area contributed by atoms with Gasteiger partial charge in [0, 0.05) is 13.1 Å². The van der Waals surface area contributed by atoms with E-state index in [1.54, 1.807) is 0 Å². The molecule has 0 unspecified atom stereocenters. The molecule has 18 heavy (non-hydrogen) atoms. The van der Waals surface area contributed by atoms with Gasteiger partial charge in [-0.1, -0.05) is 30.3 Å². The topological polar surface area (TPSA) is 61.8 Å². The first-order valence-electron chi connectivity index (χ1n) is 5.86. The molecular weight excluding hydrogens is 230 g/mol. The number of carbonyl (C=O) groups is 2. The Labute approximate surface area is 106 Å². The third kappa shape index (κ3) is 4.01. The molecular formula is C13H17N3O2. The first kappa shape index (κ1) is 13.9. The van der Waals surface area contributed by atoms with Crippen LogP contribution in [0.5, 0.6) is 0 Å². The van der Waals surface area contributed by atoms with E-state index in [0.717, 1.165) is 5.56 Å². The zero-order chi connectivity index (χ0) is 13.4. The zero-order valence-corrected chi connectivity index (χ0v) is 10.6. The van der Waals surface area contributed by atoms with Crippen LogP contribution in [-0.4, -0.2) is 36.0 Å². The van der Waals surface area contributed by atoms with Crippen LogP contribution in [0.3, 0.4) is 0 Å². The molecule has 0 spiro atoms. The highest BCUT2D eigenvalue weighted by Gasteiger charge is 2.18. The fraction of sp³-hybridized carbons (Fsp3) is 0.308. The summed E-state index contributed by atoms with van der Waals surface area (Å²) in [4.78, 5) is 24.5. The van der Waals surface area contributed by atoms with Crippen molar-refractivity contribution in [3.63, 3.8) is 0 Å². The van der Waals surface area contributed by atoms with Crippen molar-refractivity contribution in [1.29, 1.82) is 0 Å². The van der Waals surface area contributed by atoms with Gasteiger partial charge in [0.15, 0.2) is 0 Å². The first-order chi connectivity index (χ1) is 8.69. The molecule has 1 N–H and O–H groups in total. The number of hydrogen-bond acceptors (Lipinski definition) is 3. The number of hydrogen-bond donors (Lipinski definition) is 1. The molecule has 0 radical (unpaired) electrons. The van der Waals surface area contributed by atoms with Gasteiger partial charge in [0.1, 0.15) is 0 Å². The largest absolute Gasteiger partial charge is 0.335 e. The molecule has 0 bridgehead atoms. The van der Waals surface area contributed by atoms with Crippen molar-refractivity contribution in [2.75, 3.05) is 13.1 Å². The van der Waals surface area contributed by atoms with Gasteiger partial charge in [-0.25, -0.2) is 5.43 Å². The summed E-state index contributed by atoms with van der Waals surface area (Å²) in [6, 6.07) is 9.32. The van der Waals surface area contributed by atoms with E-state index in [4.69, 9.17) is 0 Å². The Balaban J connectivity index is 2.51. The Bertz CT molecular complexity index is 425. The highest BCUT2D eigenvalue weighted by molar-refractivity contribution is 6.34. The lowest BCUT2D eigenvalue weighted by atomic mass is 10.2. The summed E-state index contributed by atoms with van der Waals surface area (Å²) in [7, 11) is 0.